The van der Waals surface area contributed by atoms with Gasteiger partial charge in [0.1, 0.15) is 16.8 Å². The van der Waals surface area contributed by atoms with Crippen molar-refractivity contribution in [2.45, 2.75) is 13.8 Å². The van der Waals surface area contributed by atoms with Crippen molar-refractivity contribution in [1.29, 1.82) is 0 Å². The predicted molar refractivity (Wildman–Crippen MR) is 89.2 cm³/mol. The summed E-state index contributed by atoms with van der Waals surface area (Å²) >= 11 is 0. The van der Waals surface area contributed by atoms with Crippen LogP contribution in [-0.4, -0.2) is 16.9 Å². The molecule has 5 nitrogen and oxygen atoms in total. The maximum atomic E-state index is 12.5. The number of carbonyl (C=O) groups excluding carboxylic acids is 2. The lowest BCUT2D eigenvalue weighted by molar-refractivity contribution is -0.131. The highest BCUT2D eigenvalue weighted by molar-refractivity contribution is 5.97. The first-order valence-corrected chi connectivity index (χ1v) is 7.40. The van der Waals surface area contributed by atoms with Crippen LogP contribution in [0.3, 0.4) is 0 Å². The van der Waals surface area contributed by atoms with Crippen molar-refractivity contribution in [3.63, 3.8) is 0 Å². The molecule has 0 spiro atoms. The molecule has 24 heavy (non-hydrogen) atoms. The Bertz CT molecular complexity index is 934. The Balaban J connectivity index is 1.96. The number of nitrogens with zero attached hydrogens (tertiary/aromatic N) is 1. The number of aryl methyl sites for hydroxylation is 1. The summed E-state index contributed by atoms with van der Waals surface area (Å²) < 4.78 is 10.6. The average molecular weight is 321 g/mol. The van der Waals surface area contributed by atoms with Gasteiger partial charge in [-0.25, -0.2) is 9.78 Å². The topological polar surface area (TPSA) is 65.5 Å². The minimum atomic E-state index is -0.609. The van der Waals surface area contributed by atoms with E-state index in [1.165, 1.54) is 6.92 Å². The van der Waals surface area contributed by atoms with Gasteiger partial charge in [-0.1, -0.05) is 30.3 Å². The third-order valence-electron chi connectivity index (χ3n) is 3.39. The van der Waals surface area contributed by atoms with Crippen LogP contribution in [0.5, 0.6) is 11.5 Å². The van der Waals surface area contributed by atoms with Crippen LogP contribution in [0.4, 0.5) is 0 Å². The second-order valence-corrected chi connectivity index (χ2v) is 5.26. The van der Waals surface area contributed by atoms with E-state index in [1.807, 2.05) is 25.1 Å². The largest absolute Gasteiger partial charge is 0.426 e. The molecule has 0 aliphatic carbocycles. The molecular formula is C19H15NO4. The first-order valence-electron chi connectivity index (χ1n) is 7.40. The minimum absolute atomic E-state index is 0.166. The number of fused-ring (bicyclic) bond motifs is 1. The Morgan fingerprint density at radius 1 is 0.875 bits per heavy atom. The van der Waals surface area contributed by atoms with Crippen molar-refractivity contribution >= 4 is 22.8 Å². The number of para-hydroxylation sites is 2. The summed E-state index contributed by atoms with van der Waals surface area (Å²) in [6.07, 6.45) is 0. The van der Waals surface area contributed by atoms with Gasteiger partial charge >= 0.3 is 11.9 Å². The van der Waals surface area contributed by atoms with Gasteiger partial charge in [-0.05, 0) is 31.2 Å². The number of esters is 2. The van der Waals surface area contributed by atoms with Crippen LogP contribution in [0.15, 0.2) is 54.6 Å². The van der Waals surface area contributed by atoms with Crippen LogP contribution in [0, 0.1) is 6.92 Å². The van der Waals surface area contributed by atoms with E-state index >= 15 is 0 Å². The van der Waals surface area contributed by atoms with E-state index in [0.717, 1.165) is 11.1 Å². The summed E-state index contributed by atoms with van der Waals surface area (Å²) in [6.45, 7) is 3.15. The van der Waals surface area contributed by atoms with E-state index in [4.69, 9.17) is 9.47 Å². The third-order valence-corrected chi connectivity index (χ3v) is 3.39. The number of pyridine rings is 1. The van der Waals surface area contributed by atoms with E-state index in [1.54, 1.807) is 36.4 Å². The molecule has 0 atom stereocenters. The Morgan fingerprint density at radius 2 is 1.62 bits per heavy atom. The van der Waals surface area contributed by atoms with Gasteiger partial charge in [0.15, 0.2) is 5.75 Å². The zero-order valence-corrected chi connectivity index (χ0v) is 13.3. The molecule has 1 aromatic heterocycles. The van der Waals surface area contributed by atoms with E-state index in [-0.39, 0.29) is 11.3 Å². The number of aromatic nitrogens is 1. The van der Waals surface area contributed by atoms with Gasteiger partial charge < -0.3 is 9.47 Å². The Morgan fingerprint density at radius 3 is 2.42 bits per heavy atom. The zero-order valence-electron chi connectivity index (χ0n) is 13.3. The molecule has 0 aliphatic heterocycles. The molecule has 0 aliphatic rings. The molecule has 0 radical (unpaired) electrons. The summed E-state index contributed by atoms with van der Waals surface area (Å²) in [5.41, 5.74) is 1.61. The summed E-state index contributed by atoms with van der Waals surface area (Å²) in [6, 6.07) is 15.6. The number of hydrogen-bond acceptors (Lipinski definition) is 5. The van der Waals surface area contributed by atoms with Gasteiger partial charge in [0, 0.05) is 18.0 Å². The lowest BCUT2D eigenvalue weighted by Crippen LogP contribution is -2.12. The van der Waals surface area contributed by atoms with E-state index in [9.17, 15) is 9.59 Å². The van der Waals surface area contributed by atoms with Crippen molar-refractivity contribution in [3.8, 4) is 11.5 Å². The van der Waals surface area contributed by atoms with E-state index in [2.05, 4.69) is 4.98 Å². The van der Waals surface area contributed by atoms with Gasteiger partial charge in [-0.3, -0.25) is 4.79 Å². The molecule has 3 rings (SSSR count). The molecule has 0 unspecified atom stereocenters. The summed E-state index contributed by atoms with van der Waals surface area (Å²) in [5, 5.41) is 0.874. The molecule has 0 bridgehead atoms. The zero-order chi connectivity index (χ0) is 17.1. The van der Waals surface area contributed by atoms with E-state index in [0.29, 0.717) is 11.3 Å². The van der Waals surface area contributed by atoms with Crippen LogP contribution < -0.4 is 9.47 Å². The number of carbonyl (C=O) groups is 2. The fourth-order valence-electron chi connectivity index (χ4n) is 2.33. The molecule has 0 saturated heterocycles. The van der Waals surface area contributed by atoms with Gasteiger partial charge in [-0.15, -0.1) is 0 Å². The van der Waals surface area contributed by atoms with Gasteiger partial charge in [0.2, 0.25) is 0 Å². The highest BCUT2D eigenvalue weighted by Gasteiger charge is 2.17. The second kappa shape index (κ2) is 6.50. The molecule has 5 heteroatoms. The molecule has 2 aromatic carbocycles. The maximum Gasteiger partial charge on any atom is 0.347 e. The number of benzene rings is 2. The normalized spacial score (nSPS) is 10.4. The smallest absolute Gasteiger partial charge is 0.347 e. The highest BCUT2D eigenvalue weighted by Crippen LogP contribution is 2.26. The van der Waals surface area contributed by atoms with Crippen molar-refractivity contribution in [3.05, 3.63) is 65.9 Å². The molecule has 120 valence electrons. The number of rotatable bonds is 3. The molecule has 0 fully saturated rings. The lowest BCUT2D eigenvalue weighted by atomic mass is 10.2. The van der Waals surface area contributed by atoms with Crippen LogP contribution in [0.2, 0.25) is 0 Å². The van der Waals surface area contributed by atoms with Crippen molar-refractivity contribution in [2.75, 3.05) is 0 Å². The Kier molecular flexibility index (Phi) is 4.24. The molecule has 0 N–H and O–H groups in total. The molecule has 1 heterocycles. The molecule has 0 saturated carbocycles. The SMILES string of the molecule is CC(=O)Oc1ccccc1C(=O)Oc1cccc2ccc(C)nc12. The fraction of sp³-hybridized carbons (Fsp3) is 0.105. The van der Waals surface area contributed by atoms with Crippen LogP contribution in [-0.2, 0) is 4.79 Å². The van der Waals surface area contributed by atoms with Crippen LogP contribution >= 0.6 is 0 Å². The summed E-state index contributed by atoms with van der Waals surface area (Å²) in [5.74, 6) is -0.585. The quantitative estimate of drug-likeness (QED) is 0.544. The predicted octanol–water partition coefficient (Wildman–Crippen LogP) is 3.69. The standard InChI is InChI=1S/C19H15NO4/c1-12-10-11-14-6-5-9-17(18(14)20-12)24-19(22)15-7-3-4-8-16(15)23-13(2)21/h3-11H,1-2H3. The van der Waals surface area contributed by atoms with Crippen LogP contribution in [0.25, 0.3) is 10.9 Å². The first-order chi connectivity index (χ1) is 11.5. The number of hydrogen-bond donors (Lipinski definition) is 0. The van der Waals surface area contributed by atoms with Gasteiger partial charge in [0.25, 0.3) is 0 Å². The highest BCUT2D eigenvalue weighted by atomic mass is 16.5. The first kappa shape index (κ1) is 15.7. The van der Waals surface area contributed by atoms with Crippen molar-refractivity contribution in [2.24, 2.45) is 0 Å². The minimum Gasteiger partial charge on any atom is -0.426 e. The molecule has 3 aromatic rings. The fourth-order valence-corrected chi connectivity index (χ4v) is 2.33. The monoisotopic (exact) mass is 321 g/mol. The van der Waals surface area contributed by atoms with Gasteiger partial charge in [0.05, 0.1) is 0 Å². The van der Waals surface area contributed by atoms with Gasteiger partial charge in [-0.2, -0.15) is 0 Å². The van der Waals surface area contributed by atoms with Crippen LogP contribution in [0.1, 0.15) is 23.0 Å². The third kappa shape index (κ3) is 3.25. The Hall–Kier alpha value is -3.21. The van der Waals surface area contributed by atoms with Crippen molar-refractivity contribution in [1.82, 2.24) is 4.98 Å². The summed E-state index contributed by atoms with van der Waals surface area (Å²) in [4.78, 5) is 28.1. The summed E-state index contributed by atoms with van der Waals surface area (Å²) in [7, 11) is 0. The molecule has 0 amide bonds. The van der Waals surface area contributed by atoms with Crippen molar-refractivity contribution < 1.29 is 19.1 Å². The average Bonchev–Trinajstić information content (AvgIpc) is 2.55. The second-order valence-electron chi connectivity index (χ2n) is 5.26. The molecular weight excluding hydrogens is 306 g/mol. The lowest BCUT2D eigenvalue weighted by Gasteiger charge is -2.10. The van der Waals surface area contributed by atoms with E-state index < -0.39 is 11.9 Å². The number of ether oxygens (including phenoxy) is 2. The maximum absolute atomic E-state index is 12.5. The Labute approximate surface area is 138 Å².